The van der Waals surface area contributed by atoms with Gasteiger partial charge in [-0.15, -0.1) is 0 Å². The molecule has 1 aliphatic heterocycles. The highest BCUT2D eigenvalue weighted by molar-refractivity contribution is 6.32. The number of rotatable bonds is 9. The summed E-state index contributed by atoms with van der Waals surface area (Å²) in [4.78, 5) is 17.8. The number of nitrogens with zero attached hydrogens (tertiary/aromatic N) is 5. The van der Waals surface area contributed by atoms with E-state index in [4.69, 9.17) is 32.5 Å². The van der Waals surface area contributed by atoms with E-state index in [2.05, 4.69) is 30.1 Å². The average Bonchev–Trinajstić information content (AvgIpc) is 2.91. The summed E-state index contributed by atoms with van der Waals surface area (Å²) in [6.07, 6.45) is 4.63. The Balaban J connectivity index is 1.55. The molecule has 1 aromatic carbocycles. The van der Waals surface area contributed by atoms with Crippen molar-refractivity contribution in [3.8, 4) is 5.75 Å². The summed E-state index contributed by atoms with van der Waals surface area (Å²) in [7, 11) is 3.63. The number of hydrogen-bond acceptors (Lipinski definition) is 10. The van der Waals surface area contributed by atoms with E-state index in [1.54, 1.807) is 13.3 Å². The van der Waals surface area contributed by atoms with Gasteiger partial charge in [0.15, 0.2) is 0 Å². The first-order chi connectivity index (χ1) is 17.5. The molecule has 10 nitrogen and oxygen atoms in total. The number of anilines is 4. The van der Waals surface area contributed by atoms with E-state index < -0.39 is 0 Å². The quantitative estimate of drug-likeness (QED) is 0.369. The molecule has 11 heteroatoms. The maximum absolute atomic E-state index is 6.44. The van der Waals surface area contributed by atoms with Crippen molar-refractivity contribution in [3.63, 3.8) is 0 Å². The molecule has 36 heavy (non-hydrogen) atoms. The van der Waals surface area contributed by atoms with E-state index >= 15 is 0 Å². The van der Waals surface area contributed by atoms with Gasteiger partial charge in [0.05, 0.1) is 60.0 Å². The number of ether oxygens (including phenoxy) is 2. The second kappa shape index (κ2) is 11.9. The minimum atomic E-state index is 0.316. The number of methoxy groups -OCH3 is 1. The highest BCUT2D eigenvalue weighted by atomic mass is 35.5. The molecule has 0 aliphatic carbocycles. The van der Waals surface area contributed by atoms with Gasteiger partial charge >= 0.3 is 0 Å². The Labute approximate surface area is 215 Å². The molecule has 0 spiro atoms. The number of pyridine rings is 1. The van der Waals surface area contributed by atoms with Crippen LogP contribution in [0.15, 0.2) is 48.9 Å². The number of nitrogens with one attached hydrogen (secondary N) is 1. The van der Waals surface area contributed by atoms with Crippen molar-refractivity contribution in [3.05, 3.63) is 65.3 Å². The smallest absolute Gasteiger partial charge is 0.227 e. The fourth-order valence-electron chi connectivity index (χ4n) is 3.96. The number of nitrogens with two attached hydrogens (primary N) is 2. The second-order valence-corrected chi connectivity index (χ2v) is 8.70. The number of benzene rings is 1. The maximum Gasteiger partial charge on any atom is 0.227 e. The Morgan fingerprint density at radius 2 is 2.08 bits per heavy atom. The number of halogens is 1. The highest BCUT2D eigenvalue weighted by Crippen LogP contribution is 2.36. The lowest BCUT2D eigenvalue weighted by atomic mass is 10.1. The monoisotopic (exact) mass is 510 g/mol. The molecule has 1 aliphatic rings. The Bertz CT molecular complexity index is 1200. The zero-order chi connectivity index (χ0) is 25.5. The van der Waals surface area contributed by atoms with Gasteiger partial charge in [-0.1, -0.05) is 17.7 Å². The molecule has 3 aromatic rings. The van der Waals surface area contributed by atoms with E-state index in [1.807, 2.05) is 37.4 Å². The number of morpholine rings is 1. The molecule has 0 amide bonds. The molecule has 0 radical (unpaired) electrons. The zero-order valence-electron chi connectivity index (χ0n) is 20.4. The van der Waals surface area contributed by atoms with E-state index in [-0.39, 0.29) is 0 Å². The number of likely N-dealkylation sites (N-methyl/N-ethyl adjacent to an activating group) is 1. The standard InChI is InChI=1S/C25H31ClN8O2/c1-33(7-8-34-9-11-36-12-10-34)22-14-23(35-2)21(13-19(22)28)31-25-30-16-18(26)24(32-25)17(15-27)20-5-3-4-6-29-20/h3-6,13-16H,7-12,27-28H2,1-2H3,(H,30,31,32). The van der Waals surface area contributed by atoms with Crippen LogP contribution in [0, 0.1) is 0 Å². The van der Waals surface area contributed by atoms with Crippen LogP contribution in [-0.4, -0.2) is 73.4 Å². The molecule has 5 N–H and O–H groups in total. The fourth-order valence-corrected chi connectivity index (χ4v) is 4.16. The number of nitrogen functional groups attached to an aromatic ring is 1. The Hall–Kier alpha value is -3.60. The van der Waals surface area contributed by atoms with Gasteiger partial charge in [-0.3, -0.25) is 9.88 Å². The second-order valence-electron chi connectivity index (χ2n) is 8.30. The Morgan fingerprint density at radius 1 is 1.28 bits per heavy atom. The third-order valence-electron chi connectivity index (χ3n) is 5.97. The molecule has 3 heterocycles. The SMILES string of the molecule is COc1cc(N(C)CCN2CCOCC2)c(N)cc1Nc1ncc(Cl)c(C(=CN)c2ccccn2)n1. The Morgan fingerprint density at radius 3 is 2.78 bits per heavy atom. The van der Waals surface area contributed by atoms with Gasteiger partial charge in [-0.05, 0) is 18.2 Å². The lowest BCUT2D eigenvalue weighted by Gasteiger charge is -2.30. The molecule has 1 saturated heterocycles. The highest BCUT2D eigenvalue weighted by Gasteiger charge is 2.17. The topological polar surface area (TPSA) is 128 Å². The lowest BCUT2D eigenvalue weighted by molar-refractivity contribution is 0.0393. The molecular formula is C25H31ClN8O2. The molecule has 0 bridgehead atoms. The van der Waals surface area contributed by atoms with Crippen molar-refractivity contribution < 1.29 is 9.47 Å². The molecule has 4 rings (SSSR count). The average molecular weight is 511 g/mol. The van der Waals surface area contributed by atoms with E-state index in [1.165, 1.54) is 12.4 Å². The summed E-state index contributed by atoms with van der Waals surface area (Å²) in [5.41, 5.74) is 16.2. The molecule has 0 atom stereocenters. The van der Waals surface area contributed by atoms with Crippen LogP contribution in [0.2, 0.25) is 5.02 Å². The van der Waals surface area contributed by atoms with Gasteiger partial charge in [0.2, 0.25) is 5.95 Å². The zero-order valence-corrected chi connectivity index (χ0v) is 21.2. The summed E-state index contributed by atoms with van der Waals surface area (Å²) in [5.74, 6) is 0.924. The van der Waals surface area contributed by atoms with Crippen LogP contribution >= 0.6 is 11.6 Å². The van der Waals surface area contributed by atoms with Crippen LogP contribution in [0.5, 0.6) is 5.75 Å². The van der Waals surface area contributed by atoms with Crippen LogP contribution in [0.4, 0.5) is 23.0 Å². The van der Waals surface area contributed by atoms with Crippen LogP contribution in [0.3, 0.4) is 0 Å². The van der Waals surface area contributed by atoms with Gasteiger partial charge < -0.3 is 31.2 Å². The fraction of sp³-hybridized carbons (Fsp3) is 0.320. The van der Waals surface area contributed by atoms with Gasteiger partial charge in [0.25, 0.3) is 0 Å². The van der Waals surface area contributed by atoms with E-state index in [9.17, 15) is 0 Å². The Kier molecular flexibility index (Phi) is 8.42. The summed E-state index contributed by atoms with van der Waals surface area (Å²) in [6, 6.07) is 9.25. The van der Waals surface area contributed by atoms with Gasteiger partial charge in [-0.2, -0.15) is 0 Å². The first-order valence-electron chi connectivity index (χ1n) is 11.6. The van der Waals surface area contributed by atoms with Gasteiger partial charge in [0.1, 0.15) is 5.75 Å². The van der Waals surface area contributed by atoms with Gasteiger partial charge in [0, 0.05) is 57.3 Å². The minimum absolute atomic E-state index is 0.316. The predicted molar refractivity (Wildman–Crippen MR) is 144 cm³/mol. The molecule has 2 aromatic heterocycles. The van der Waals surface area contributed by atoms with Crippen molar-refractivity contribution in [2.45, 2.75) is 0 Å². The van der Waals surface area contributed by atoms with Crippen molar-refractivity contribution in [2.75, 3.05) is 69.5 Å². The minimum Gasteiger partial charge on any atom is -0.494 e. The normalized spacial score (nSPS) is 14.5. The summed E-state index contributed by atoms with van der Waals surface area (Å²) in [5, 5.41) is 3.55. The number of aromatic nitrogens is 3. The molecule has 0 unspecified atom stereocenters. The summed E-state index contributed by atoms with van der Waals surface area (Å²) < 4.78 is 11.1. The predicted octanol–water partition coefficient (Wildman–Crippen LogP) is 2.98. The van der Waals surface area contributed by atoms with Crippen LogP contribution in [-0.2, 0) is 4.74 Å². The van der Waals surface area contributed by atoms with Crippen LogP contribution in [0.1, 0.15) is 11.4 Å². The lowest BCUT2D eigenvalue weighted by Crippen LogP contribution is -2.40. The van der Waals surface area contributed by atoms with Crippen molar-refractivity contribution in [1.29, 1.82) is 0 Å². The first-order valence-corrected chi connectivity index (χ1v) is 12.0. The van der Waals surface area contributed by atoms with Crippen molar-refractivity contribution in [2.24, 2.45) is 5.73 Å². The summed E-state index contributed by atoms with van der Waals surface area (Å²) in [6.45, 7) is 5.19. The molecule has 190 valence electrons. The molecular weight excluding hydrogens is 480 g/mol. The van der Waals surface area contributed by atoms with Gasteiger partial charge in [-0.25, -0.2) is 9.97 Å². The van der Waals surface area contributed by atoms with Crippen molar-refractivity contribution in [1.82, 2.24) is 19.9 Å². The third kappa shape index (κ3) is 5.96. The van der Waals surface area contributed by atoms with Crippen LogP contribution < -0.4 is 26.4 Å². The third-order valence-corrected chi connectivity index (χ3v) is 6.25. The molecule has 1 fully saturated rings. The van der Waals surface area contributed by atoms with Crippen LogP contribution in [0.25, 0.3) is 5.57 Å². The maximum atomic E-state index is 6.44. The molecule has 0 saturated carbocycles. The first kappa shape index (κ1) is 25.5. The largest absolute Gasteiger partial charge is 0.494 e. The summed E-state index contributed by atoms with van der Waals surface area (Å²) >= 11 is 6.41. The van der Waals surface area contributed by atoms with E-state index in [0.29, 0.717) is 45.1 Å². The number of hydrogen-bond donors (Lipinski definition) is 3. The van der Waals surface area contributed by atoms with Crippen molar-refractivity contribution >= 4 is 40.2 Å². The van der Waals surface area contributed by atoms with E-state index in [0.717, 1.165) is 45.1 Å².